The first-order valence-corrected chi connectivity index (χ1v) is 10.3. The molecule has 1 aromatic carbocycles. The molecule has 1 unspecified atom stereocenters. The van der Waals surface area contributed by atoms with Gasteiger partial charge in [0, 0.05) is 62.2 Å². The van der Waals surface area contributed by atoms with Gasteiger partial charge in [0.2, 0.25) is 0 Å². The van der Waals surface area contributed by atoms with E-state index >= 15 is 0 Å². The molecule has 1 aliphatic heterocycles. The Morgan fingerprint density at radius 3 is 2.61 bits per heavy atom. The Labute approximate surface area is 185 Å². The van der Waals surface area contributed by atoms with E-state index in [1.807, 2.05) is 13.8 Å². The number of carboxylic acid groups (broad SMARTS) is 1. The van der Waals surface area contributed by atoms with E-state index in [4.69, 9.17) is 25.8 Å². The molecule has 0 bridgehead atoms. The number of nitrogens with one attached hydrogen (secondary N) is 1. The number of nitrogens with zero attached hydrogens (tertiary/aromatic N) is 1. The summed E-state index contributed by atoms with van der Waals surface area (Å²) in [6, 6.07) is 4.87. The van der Waals surface area contributed by atoms with Gasteiger partial charge in [-0.15, -0.1) is 0 Å². The maximum Gasteiger partial charge on any atom is 0.341 e. The second-order valence-corrected chi connectivity index (χ2v) is 8.55. The van der Waals surface area contributed by atoms with Crippen LogP contribution in [0.1, 0.15) is 36.8 Å². The van der Waals surface area contributed by atoms with Crippen molar-refractivity contribution in [1.82, 2.24) is 4.57 Å². The van der Waals surface area contributed by atoms with Gasteiger partial charge in [0.1, 0.15) is 17.5 Å². The number of aromatic nitrogens is 1. The number of carbonyl (C=O) groups is 1. The highest BCUT2D eigenvalue weighted by Crippen LogP contribution is 2.45. The first-order valence-electron chi connectivity index (χ1n) is 9.90. The van der Waals surface area contributed by atoms with Gasteiger partial charge in [-0.25, -0.2) is 4.79 Å². The topological polar surface area (TPSA) is 99.0 Å². The number of carboxylic acids is 1. The van der Waals surface area contributed by atoms with E-state index in [-0.39, 0.29) is 11.7 Å². The van der Waals surface area contributed by atoms with Crippen molar-refractivity contribution in [2.45, 2.75) is 26.4 Å². The van der Waals surface area contributed by atoms with E-state index < -0.39 is 16.8 Å². The SMILES string of the molecule is COCCCOc1cc2c(cc1Cl)-c1cc(=O)c(C(=O)O)cn1C(C(C)(C)COC)N2. The van der Waals surface area contributed by atoms with Gasteiger partial charge in [-0.2, -0.15) is 0 Å². The van der Waals surface area contributed by atoms with Crippen molar-refractivity contribution in [2.75, 3.05) is 39.4 Å². The molecule has 2 heterocycles. The molecule has 8 nitrogen and oxygen atoms in total. The molecule has 0 amide bonds. The van der Waals surface area contributed by atoms with Crippen LogP contribution in [0.2, 0.25) is 5.02 Å². The molecule has 2 aromatic rings. The number of anilines is 1. The third-order valence-electron chi connectivity index (χ3n) is 5.24. The Morgan fingerprint density at radius 2 is 1.97 bits per heavy atom. The van der Waals surface area contributed by atoms with Crippen LogP contribution in [0.3, 0.4) is 0 Å². The first-order chi connectivity index (χ1) is 14.7. The highest BCUT2D eigenvalue weighted by atomic mass is 35.5. The van der Waals surface area contributed by atoms with Crippen molar-refractivity contribution >= 4 is 23.3 Å². The van der Waals surface area contributed by atoms with Crippen LogP contribution < -0.4 is 15.5 Å². The molecule has 0 spiro atoms. The maximum atomic E-state index is 12.5. The van der Waals surface area contributed by atoms with E-state index in [9.17, 15) is 14.7 Å². The van der Waals surface area contributed by atoms with Crippen LogP contribution in [0.4, 0.5) is 5.69 Å². The third kappa shape index (κ3) is 4.71. The maximum absolute atomic E-state index is 12.5. The number of benzene rings is 1. The predicted molar refractivity (Wildman–Crippen MR) is 118 cm³/mol. The molecule has 0 radical (unpaired) electrons. The van der Waals surface area contributed by atoms with E-state index in [1.165, 1.54) is 12.3 Å². The van der Waals surface area contributed by atoms with Gasteiger partial charge in [-0.3, -0.25) is 4.79 Å². The Kier molecular flexibility index (Phi) is 6.93. The molecular formula is C22H27ClN2O6. The van der Waals surface area contributed by atoms with E-state index in [2.05, 4.69) is 5.32 Å². The molecule has 0 fully saturated rings. The fourth-order valence-electron chi connectivity index (χ4n) is 3.76. The predicted octanol–water partition coefficient (Wildman–Crippen LogP) is 3.88. The molecule has 1 aliphatic rings. The van der Waals surface area contributed by atoms with E-state index in [0.29, 0.717) is 41.9 Å². The number of fused-ring (bicyclic) bond motifs is 3. The fourth-order valence-corrected chi connectivity index (χ4v) is 3.98. The number of hydrogen-bond donors (Lipinski definition) is 2. The summed E-state index contributed by atoms with van der Waals surface area (Å²) < 4.78 is 18.0. The van der Waals surface area contributed by atoms with Crippen molar-refractivity contribution in [3.8, 4) is 17.0 Å². The second-order valence-electron chi connectivity index (χ2n) is 8.14. The molecule has 1 aromatic heterocycles. The average Bonchev–Trinajstić information content (AvgIpc) is 2.70. The number of rotatable bonds is 9. The van der Waals surface area contributed by atoms with Crippen molar-refractivity contribution in [2.24, 2.45) is 5.41 Å². The minimum Gasteiger partial charge on any atom is -0.492 e. The number of methoxy groups -OCH3 is 2. The average molecular weight is 451 g/mol. The lowest BCUT2D eigenvalue weighted by atomic mass is 9.87. The summed E-state index contributed by atoms with van der Waals surface area (Å²) in [6.07, 6.45) is 1.72. The summed E-state index contributed by atoms with van der Waals surface area (Å²) in [5.74, 6) is -0.752. The van der Waals surface area contributed by atoms with Gasteiger partial charge in [0.15, 0.2) is 5.43 Å². The summed E-state index contributed by atoms with van der Waals surface area (Å²) in [4.78, 5) is 24.0. The standard InChI is InChI=1S/C22H27ClN2O6/c1-22(2,12-30-4)21-24-16-9-19(31-7-5-6-29-3)15(23)8-13(16)17-10-18(26)14(20(27)28)11-25(17)21/h8-11,21,24H,5-7,12H2,1-4H3,(H,27,28). The first kappa shape index (κ1) is 23.1. The molecule has 3 rings (SSSR count). The highest BCUT2D eigenvalue weighted by molar-refractivity contribution is 6.32. The van der Waals surface area contributed by atoms with E-state index in [0.717, 1.165) is 12.1 Å². The largest absolute Gasteiger partial charge is 0.492 e. The molecule has 2 N–H and O–H groups in total. The summed E-state index contributed by atoms with van der Waals surface area (Å²) in [6.45, 7) is 5.43. The van der Waals surface area contributed by atoms with Gasteiger partial charge in [0.25, 0.3) is 0 Å². The van der Waals surface area contributed by atoms with Gasteiger partial charge in [-0.05, 0) is 6.07 Å². The number of halogens is 1. The molecule has 1 atom stereocenters. The number of pyridine rings is 1. The minimum absolute atomic E-state index is 0.295. The van der Waals surface area contributed by atoms with Crippen molar-refractivity contribution in [3.05, 3.63) is 45.2 Å². The summed E-state index contributed by atoms with van der Waals surface area (Å²) >= 11 is 6.45. The smallest absolute Gasteiger partial charge is 0.341 e. The Morgan fingerprint density at radius 1 is 1.23 bits per heavy atom. The Balaban J connectivity index is 2.12. The van der Waals surface area contributed by atoms with Crippen LogP contribution in [-0.2, 0) is 9.47 Å². The summed E-state index contributed by atoms with van der Waals surface area (Å²) in [5, 5.41) is 13.3. The lowest BCUT2D eigenvalue weighted by Crippen LogP contribution is -2.40. The van der Waals surface area contributed by atoms with Crippen LogP contribution in [0.25, 0.3) is 11.3 Å². The summed E-state index contributed by atoms with van der Waals surface area (Å²) in [5.41, 5.74) is 0.703. The second kappa shape index (κ2) is 9.30. The number of aromatic carboxylic acids is 1. The molecule has 9 heteroatoms. The van der Waals surface area contributed by atoms with Crippen LogP contribution in [0.5, 0.6) is 5.75 Å². The Bertz CT molecular complexity index is 1030. The zero-order chi connectivity index (χ0) is 22.8. The van der Waals surface area contributed by atoms with Crippen LogP contribution in [0, 0.1) is 5.41 Å². The fraction of sp³-hybridized carbons (Fsp3) is 0.455. The molecule has 0 saturated heterocycles. The molecule has 168 valence electrons. The molecular weight excluding hydrogens is 424 g/mol. The van der Waals surface area contributed by atoms with Gasteiger partial charge >= 0.3 is 5.97 Å². The number of ether oxygens (including phenoxy) is 3. The highest BCUT2D eigenvalue weighted by Gasteiger charge is 2.36. The van der Waals surface area contributed by atoms with Gasteiger partial charge in [-0.1, -0.05) is 25.4 Å². The van der Waals surface area contributed by atoms with Crippen LogP contribution in [-0.4, -0.2) is 49.7 Å². The zero-order valence-corrected chi connectivity index (χ0v) is 18.8. The Hall–Kier alpha value is -2.55. The summed E-state index contributed by atoms with van der Waals surface area (Å²) in [7, 11) is 3.24. The number of hydrogen-bond acceptors (Lipinski definition) is 6. The lowest BCUT2D eigenvalue weighted by Gasteiger charge is -2.41. The normalized spacial score (nSPS) is 15.1. The quantitative estimate of drug-likeness (QED) is 0.559. The lowest BCUT2D eigenvalue weighted by molar-refractivity contribution is 0.0679. The van der Waals surface area contributed by atoms with Crippen molar-refractivity contribution in [3.63, 3.8) is 0 Å². The zero-order valence-electron chi connectivity index (χ0n) is 18.0. The van der Waals surface area contributed by atoms with Crippen LogP contribution in [0.15, 0.2) is 29.2 Å². The van der Waals surface area contributed by atoms with Gasteiger partial charge < -0.3 is 29.2 Å². The van der Waals surface area contributed by atoms with Crippen molar-refractivity contribution in [1.29, 1.82) is 0 Å². The monoisotopic (exact) mass is 450 g/mol. The molecule has 31 heavy (non-hydrogen) atoms. The van der Waals surface area contributed by atoms with Crippen molar-refractivity contribution < 1.29 is 24.1 Å². The third-order valence-corrected chi connectivity index (χ3v) is 5.53. The minimum atomic E-state index is -1.27. The van der Waals surface area contributed by atoms with E-state index in [1.54, 1.807) is 30.9 Å². The van der Waals surface area contributed by atoms with Gasteiger partial charge in [0.05, 0.1) is 23.9 Å². The molecule has 0 saturated carbocycles. The van der Waals surface area contributed by atoms with Crippen LogP contribution >= 0.6 is 11.6 Å². The molecule has 0 aliphatic carbocycles.